The van der Waals surface area contributed by atoms with Crippen molar-refractivity contribution >= 4 is 5.82 Å². The first-order valence-electron chi connectivity index (χ1n) is 5.95. The fourth-order valence-electron chi connectivity index (χ4n) is 1.62. The first kappa shape index (κ1) is 12.5. The zero-order chi connectivity index (χ0) is 13.3. The van der Waals surface area contributed by atoms with Crippen LogP contribution in [-0.2, 0) is 5.41 Å². The van der Waals surface area contributed by atoms with E-state index in [9.17, 15) is 0 Å². The van der Waals surface area contributed by atoms with Crippen molar-refractivity contribution in [1.29, 1.82) is 0 Å². The van der Waals surface area contributed by atoms with Crippen LogP contribution in [0.25, 0.3) is 11.4 Å². The largest absolute Gasteiger partial charge is 0.383 e. The lowest BCUT2D eigenvalue weighted by Gasteiger charge is -2.19. The molecular formula is C14H18N4. The number of rotatable bonds is 1. The summed E-state index contributed by atoms with van der Waals surface area (Å²) in [5, 5.41) is 0. The summed E-state index contributed by atoms with van der Waals surface area (Å²) in [5.41, 5.74) is 8.36. The molecule has 0 atom stereocenters. The van der Waals surface area contributed by atoms with Gasteiger partial charge in [0.1, 0.15) is 11.6 Å². The molecule has 0 unspecified atom stereocenters. The van der Waals surface area contributed by atoms with Gasteiger partial charge < -0.3 is 5.73 Å². The standard InChI is InChI=1S/C14H18N4/c1-9-11(10-7-5-6-8-16-10)17-13(14(2,3)4)18-12(9)15/h5-8H,1-4H3,(H2,15,17,18). The lowest BCUT2D eigenvalue weighted by Crippen LogP contribution is -2.18. The third-order valence-electron chi connectivity index (χ3n) is 2.76. The van der Waals surface area contributed by atoms with Crippen LogP contribution in [0.5, 0.6) is 0 Å². The molecule has 0 amide bonds. The van der Waals surface area contributed by atoms with Crippen LogP contribution in [-0.4, -0.2) is 15.0 Å². The molecule has 0 aliphatic carbocycles. The number of hydrogen-bond donors (Lipinski definition) is 1. The number of anilines is 1. The van der Waals surface area contributed by atoms with Gasteiger partial charge in [-0.1, -0.05) is 26.8 Å². The Hall–Kier alpha value is -1.97. The van der Waals surface area contributed by atoms with Gasteiger partial charge in [0, 0.05) is 17.2 Å². The molecule has 0 spiro atoms. The Morgan fingerprint density at radius 2 is 1.83 bits per heavy atom. The molecule has 2 aromatic heterocycles. The molecule has 0 saturated heterocycles. The zero-order valence-electron chi connectivity index (χ0n) is 11.2. The van der Waals surface area contributed by atoms with Gasteiger partial charge in [-0.15, -0.1) is 0 Å². The molecule has 0 aromatic carbocycles. The van der Waals surface area contributed by atoms with Gasteiger partial charge in [0.25, 0.3) is 0 Å². The molecule has 4 heteroatoms. The molecule has 94 valence electrons. The second kappa shape index (κ2) is 4.37. The second-order valence-electron chi connectivity index (χ2n) is 5.37. The minimum Gasteiger partial charge on any atom is -0.383 e. The molecule has 2 rings (SSSR count). The molecule has 0 fully saturated rings. The first-order chi connectivity index (χ1) is 8.39. The number of aromatic nitrogens is 3. The minimum atomic E-state index is -0.134. The smallest absolute Gasteiger partial charge is 0.136 e. The van der Waals surface area contributed by atoms with Crippen LogP contribution in [0.4, 0.5) is 5.82 Å². The first-order valence-corrected chi connectivity index (χ1v) is 5.95. The summed E-state index contributed by atoms with van der Waals surface area (Å²) in [5.74, 6) is 1.27. The number of pyridine rings is 1. The summed E-state index contributed by atoms with van der Waals surface area (Å²) in [6.45, 7) is 8.13. The van der Waals surface area contributed by atoms with E-state index in [4.69, 9.17) is 5.73 Å². The lowest BCUT2D eigenvalue weighted by atomic mass is 9.95. The Morgan fingerprint density at radius 3 is 2.39 bits per heavy atom. The van der Waals surface area contributed by atoms with Crippen LogP contribution >= 0.6 is 0 Å². The maximum atomic E-state index is 5.98. The maximum Gasteiger partial charge on any atom is 0.136 e. The number of nitrogens with two attached hydrogens (primary N) is 1. The lowest BCUT2D eigenvalue weighted by molar-refractivity contribution is 0.546. The average Bonchev–Trinajstić information content (AvgIpc) is 2.32. The summed E-state index contributed by atoms with van der Waals surface area (Å²) in [4.78, 5) is 13.3. The summed E-state index contributed by atoms with van der Waals surface area (Å²) in [7, 11) is 0. The SMILES string of the molecule is Cc1c(N)nc(C(C)(C)C)nc1-c1ccccn1. The molecule has 0 radical (unpaired) electrons. The highest BCUT2D eigenvalue weighted by Gasteiger charge is 2.21. The van der Waals surface area contributed by atoms with Gasteiger partial charge in [-0.25, -0.2) is 9.97 Å². The van der Waals surface area contributed by atoms with Crippen LogP contribution in [0.15, 0.2) is 24.4 Å². The fourth-order valence-corrected chi connectivity index (χ4v) is 1.62. The van der Waals surface area contributed by atoms with E-state index >= 15 is 0 Å². The summed E-state index contributed by atoms with van der Waals surface area (Å²) < 4.78 is 0. The number of nitrogen functional groups attached to an aromatic ring is 1. The Morgan fingerprint density at radius 1 is 1.11 bits per heavy atom. The molecule has 2 heterocycles. The normalized spacial score (nSPS) is 11.6. The summed E-state index contributed by atoms with van der Waals surface area (Å²) in [6, 6.07) is 5.76. The zero-order valence-corrected chi connectivity index (χ0v) is 11.2. The predicted molar refractivity (Wildman–Crippen MR) is 73.1 cm³/mol. The van der Waals surface area contributed by atoms with E-state index in [1.165, 1.54) is 0 Å². The van der Waals surface area contributed by atoms with Crippen molar-refractivity contribution in [2.75, 3.05) is 5.73 Å². The van der Waals surface area contributed by atoms with Gasteiger partial charge in [-0.2, -0.15) is 0 Å². The van der Waals surface area contributed by atoms with Crippen molar-refractivity contribution in [3.63, 3.8) is 0 Å². The Balaban J connectivity index is 2.64. The van der Waals surface area contributed by atoms with Crippen LogP contribution in [0.1, 0.15) is 32.2 Å². The van der Waals surface area contributed by atoms with Crippen molar-refractivity contribution in [3.05, 3.63) is 35.8 Å². The van der Waals surface area contributed by atoms with Crippen LogP contribution < -0.4 is 5.73 Å². The molecule has 0 aliphatic rings. The highest BCUT2D eigenvalue weighted by atomic mass is 15.0. The van der Waals surface area contributed by atoms with E-state index in [-0.39, 0.29) is 5.41 Å². The van der Waals surface area contributed by atoms with Crippen molar-refractivity contribution < 1.29 is 0 Å². The molecule has 0 saturated carbocycles. The molecule has 0 bridgehead atoms. The number of nitrogens with zero attached hydrogens (tertiary/aromatic N) is 3. The van der Waals surface area contributed by atoms with Gasteiger partial charge in [0.2, 0.25) is 0 Å². The monoisotopic (exact) mass is 242 g/mol. The van der Waals surface area contributed by atoms with Crippen LogP contribution in [0.3, 0.4) is 0 Å². The summed E-state index contributed by atoms with van der Waals surface area (Å²) in [6.07, 6.45) is 1.75. The molecule has 2 N–H and O–H groups in total. The van der Waals surface area contributed by atoms with Crippen LogP contribution in [0, 0.1) is 6.92 Å². The van der Waals surface area contributed by atoms with E-state index in [0.29, 0.717) is 5.82 Å². The average molecular weight is 242 g/mol. The van der Waals surface area contributed by atoms with Crippen molar-refractivity contribution in [2.24, 2.45) is 0 Å². The summed E-state index contributed by atoms with van der Waals surface area (Å²) >= 11 is 0. The second-order valence-corrected chi connectivity index (χ2v) is 5.37. The maximum absolute atomic E-state index is 5.98. The van der Waals surface area contributed by atoms with Crippen molar-refractivity contribution in [2.45, 2.75) is 33.1 Å². The fraction of sp³-hybridized carbons (Fsp3) is 0.357. The van der Waals surface area contributed by atoms with Gasteiger partial charge in [0.15, 0.2) is 0 Å². The molecule has 2 aromatic rings. The Kier molecular flexibility index (Phi) is 3.03. The Labute approximate surface area is 107 Å². The highest BCUT2D eigenvalue weighted by molar-refractivity contribution is 5.64. The van der Waals surface area contributed by atoms with E-state index < -0.39 is 0 Å². The topological polar surface area (TPSA) is 64.7 Å². The van der Waals surface area contributed by atoms with Gasteiger partial charge in [0.05, 0.1) is 11.4 Å². The van der Waals surface area contributed by atoms with E-state index in [1.807, 2.05) is 25.1 Å². The Bertz CT molecular complexity index is 556. The third kappa shape index (κ3) is 2.32. The third-order valence-corrected chi connectivity index (χ3v) is 2.76. The van der Waals surface area contributed by atoms with Gasteiger partial charge in [-0.3, -0.25) is 4.98 Å². The number of hydrogen-bond acceptors (Lipinski definition) is 4. The van der Waals surface area contributed by atoms with E-state index in [1.54, 1.807) is 6.20 Å². The quantitative estimate of drug-likeness (QED) is 0.835. The minimum absolute atomic E-state index is 0.134. The van der Waals surface area contributed by atoms with Crippen molar-refractivity contribution in [1.82, 2.24) is 15.0 Å². The van der Waals surface area contributed by atoms with E-state index in [0.717, 1.165) is 22.8 Å². The molecule has 4 nitrogen and oxygen atoms in total. The molecular weight excluding hydrogens is 224 g/mol. The van der Waals surface area contributed by atoms with Gasteiger partial charge in [-0.05, 0) is 19.1 Å². The van der Waals surface area contributed by atoms with Crippen molar-refractivity contribution in [3.8, 4) is 11.4 Å². The molecule has 0 aliphatic heterocycles. The predicted octanol–water partition coefficient (Wildman–Crippen LogP) is 2.73. The van der Waals surface area contributed by atoms with Crippen LogP contribution in [0.2, 0.25) is 0 Å². The van der Waals surface area contributed by atoms with Gasteiger partial charge >= 0.3 is 0 Å². The molecule has 18 heavy (non-hydrogen) atoms. The highest BCUT2D eigenvalue weighted by Crippen LogP contribution is 2.26. The van der Waals surface area contributed by atoms with E-state index in [2.05, 4.69) is 35.7 Å².